The van der Waals surface area contributed by atoms with Gasteiger partial charge in [0.2, 0.25) is 11.8 Å². The van der Waals surface area contributed by atoms with Gasteiger partial charge in [0.25, 0.3) is 0 Å². The Balaban J connectivity index is 4.02. The van der Waals surface area contributed by atoms with Crippen molar-refractivity contribution in [1.82, 2.24) is 10.6 Å². The third-order valence-electron chi connectivity index (χ3n) is 9.61. The Morgan fingerprint density at radius 3 is 1.56 bits per heavy atom. The maximum atomic E-state index is 12.6. The van der Waals surface area contributed by atoms with Gasteiger partial charge in [-0.05, 0) is 50.7 Å². The first-order valence-corrected chi connectivity index (χ1v) is 21.9. The van der Waals surface area contributed by atoms with Crippen LogP contribution in [0.2, 0.25) is 0 Å². The van der Waals surface area contributed by atoms with Crippen molar-refractivity contribution in [3.05, 3.63) is 36.5 Å². The molecule has 0 fully saturated rings. The summed E-state index contributed by atoms with van der Waals surface area (Å²) in [6.45, 7) is 3.31. The lowest BCUT2D eigenvalue weighted by Gasteiger charge is -2.12. The number of esters is 1. The van der Waals surface area contributed by atoms with E-state index in [9.17, 15) is 19.2 Å². The number of ether oxygens (including phenoxy) is 1. The van der Waals surface area contributed by atoms with Crippen LogP contribution in [0, 0.1) is 0 Å². The van der Waals surface area contributed by atoms with Crippen molar-refractivity contribution in [2.24, 2.45) is 0 Å². The number of unbranched alkanes of at least 4 members (excludes halogenated alkanes) is 23. The van der Waals surface area contributed by atoms with Gasteiger partial charge in [-0.2, -0.15) is 0 Å². The first-order valence-electron chi connectivity index (χ1n) is 21.9. The van der Waals surface area contributed by atoms with Crippen LogP contribution in [0.15, 0.2) is 36.5 Å². The average Bonchev–Trinajstić information content (AvgIpc) is 3.15. The maximum Gasteiger partial charge on any atom is 0.328 e. The van der Waals surface area contributed by atoms with E-state index >= 15 is 0 Å². The van der Waals surface area contributed by atoms with Crippen LogP contribution in [-0.2, 0) is 23.9 Å². The Kier molecular flexibility index (Phi) is 37.6. The molecular formula is C45H80N2O7. The summed E-state index contributed by atoms with van der Waals surface area (Å²) in [5.41, 5.74) is 0. The van der Waals surface area contributed by atoms with Crippen LogP contribution >= 0.6 is 0 Å². The number of aliphatic hydroxyl groups excluding tert-OH is 1. The molecule has 2 atom stereocenters. The van der Waals surface area contributed by atoms with E-state index in [0.717, 1.165) is 44.9 Å². The molecule has 0 aromatic rings. The highest BCUT2D eigenvalue weighted by Crippen LogP contribution is 2.16. The molecule has 0 aliphatic heterocycles. The summed E-state index contributed by atoms with van der Waals surface area (Å²) in [5, 5.41) is 22.4. The van der Waals surface area contributed by atoms with Crippen LogP contribution in [0.3, 0.4) is 0 Å². The molecule has 0 radical (unpaired) electrons. The highest BCUT2D eigenvalue weighted by Gasteiger charge is 2.18. The van der Waals surface area contributed by atoms with Crippen LogP contribution < -0.4 is 10.6 Å². The van der Waals surface area contributed by atoms with E-state index in [0.29, 0.717) is 12.8 Å². The first-order chi connectivity index (χ1) is 26.3. The van der Waals surface area contributed by atoms with E-state index in [1.165, 1.54) is 122 Å². The zero-order valence-corrected chi connectivity index (χ0v) is 34.5. The quantitative estimate of drug-likeness (QED) is 0.0277. The SMILES string of the molecule is CC/C=C\C/C=C\C(/C=C\CCCCCC(=O)NCC(=O)NC(CO)C(=O)O)OC(=O)CCCCCCCCCCCCCCCCCCCCCCC. The first kappa shape index (κ1) is 51.1. The molecule has 0 saturated carbocycles. The molecule has 4 N–H and O–H groups in total. The Bertz CT molecular complexity index is 1010. The highest BCUT2D eigenvalue weighted by atomic mass is 16.5. The molecule has 2 amide bonds. The summed E-state index contributed by atoms with van der Waals surface area (Å²) in [7, 11) is 0. The number of carboxylic acids is 1. The average molecular weight is 761 g/mol. The summed E-state index contributed by atoms with van der Waals surface area (Å²) in [6.07, 6.45) is 45.4. The number of allylic oxidation sites excluding steroid dienone is 4. The Morgan fingerprint density at radius 1 is 0.574 bits per heavy atom. The van der Waals surface area contributed by atoms with E-state index in [1.54, 1.807) is 0 Å². The summed E-state index contributed by atoms with van der Waals surface area (Å²) >= 11 is 0. The Morgan fingerprint density at radius 2 is 1.06 bits per heavy atom. The normalized spacial score (nSPS) is 12.8. The molecule has 312 valence electrons. The van der Waals surface area contributed by atoms with Crippen LogP contribution in [-0.4, -0.2) is 59.3 Å². The van der Waals surface area contributed by atoms with Crippen LogP contribution in [0.1, 0.15) is 200 Å². The second-order valence-corrected chi connectivity index (χ2v) is 14.8. The maximum absolute atomic E-state index is 12.6. The van der Waals surface area contributed by atoms with E-state index in [-0.39, 0.29) is 24.8 Å². The minimum atomic E-state index is -1.39. The number of carbonyl (C=O) groups is 4. The van der Waals surface area contributed by atoms with E-state index in [4.69, 9.17) is 14.9 Å². The van der Waals surface area contributed by atoms with E-state index in [2.05, 4.69) is 36.6 Å². The molecule has 54 heavy (non-hydrogen) atoms. The molecule has 0 heterocycles. The fraction of sp³-hybridized carbons (Fsp3) is 0.778. The number of nitrogens with one attached hydrogen (secondary N) is 2. The largest absolute Gasteiger partial charge is 0.480 e. The number of hydrogen-bond acceptors (Lipinski definition) is 6. The van der Waals surface area contributed by atoms with Crippen molar-refractivity contribution in [1.29, 1.82) is 0 Å². The van der Waals surface area contributed by atoms with Gasteiger partial charge in [-0.1, -0.05) is 173 Å². The predicted molar refractivity (Wildman–Crippen MR) is 222 cm³/mol. The predicted octanol–water partition coefficient (Wildman–Crippen LogP) is 10.6. The molecule has 0 bridgehead atoms. The monoisotopic (exact) mass is 761 g/mol. The number of amides is 2. The molecule has 0 aromatic heterocycles. The number of aliphatic carboxylic acids is 1. The van der Waals surface area contributed by atoms with Crippen LogP contribution in [0.5, 0.6) is 0 Å². The highest BCUT2D eigenvalue weighted by molar-refractivity contribution is 5.87. The zero-order valence-electron chi connectivity index (χ0n) is 34.5. The molecule has 0 saturated heterocycles. The van der Waals surface area contributed by atoms with Gasteiger partial charge in [-0.15, -0.1) is 0 Å². The van der Waals surface area contributed by atoms with Gasteiger partial charge in [0.1, 0.15) is 12.1 Å². The van der Waals surface area contributed by atoms with Crippen molar-refractivity contribution in [3.8, 4) is 0 Å². The fourth-order valence-electron chi connectivity index (χ4n) is 6.26. The number of carbonyl (C=O) groups excluding carboxylic acids is 3. The lowest BCUT2D eigenvalue weighted by atomic mass is 10.0. The Labute approximate surface area is 329 Å². The van der Waals surface area contributed by atoms with Gasteiger partial charge < -0.3 is 25.6 Å². The molecule has 0 aliphatic carbocycles. The topological polar surface area (TPSA) is 142 Å². The van der Waals surface area contributed by atoms with Gasteiger partial charge >= 0.3 is 11.9 Å². The van der Waals surface area contributed by atoms with Gasteiger partial charge in [0, 0.05) is 12.8 Å². The van der Waals surface area contributed by atoms with Crippen molar-refractivity contribution in [2.75, 3.05) is 13.2 Å². The summed E-state index contributed by atoms with van der Waals surface area (Å²) < 4.78 is 5.78. The minimum Gasteiger partial charge on any atom is -0.480 e. The number of carboxylic acid groups (broad SMARTS) is 1. The van der Waals surface area contributed by atoms with Crippen molar-refractivity contribution >= 4 is 23.8 Å². The van der Waals surface area contributed by atoms with Gasteiger partial charge in [0.05, 0.1) is 13.2 Å². The standard InChI is InChI=1S/C45H80N2O7/c1-3-5-7-9-10-11-12-13-14-15-16-17-18-19-20-21-22-23-24-29-33-37-44(51)54-40(34-30-26-8-6-4-2)35-31-27-25-28-32-36-42(49)46-38-43(50)47-41(39-48)45(52)53/h6,8,30-31,34-35,40-41,48H,3-5,7,9-29,32-33,36-39H2,1-2H3,(H,46,49)(H,47,50)(H,52,53)/b8-6-,34-30-,35-31-. The lowest BCUT2D eigenvalue weighted by molar-refractivity contribution is -0.145. The molecular weight excluding hydrogens is 681 g/mol. The van der Waals surface area contributed by atoms with Crippen LogP contribution in [0.4, 0.5) is 0 Å². The molecule has 0 aromatic carbocycles. The van der Waals surface area contributed by atoms with E-state index < -0.39 is 30.6 Å². The van der Waals surface area contributed by atoms with Gasteiger partial charge in [-0.3, -0.25) is 14.4 Å². The van der Waals surface area contributed by atoms with Crippen LogP contribution in [0.25, 0.3) is 0 Å². The molecule has 0 spiro atoms. The minimum absolute atomic E-state index is 0.161. The second kappa shape index (κ2) is 39.7. The van der Waals surface area contributed by atoms with Gasteiger partial charge in [0.15, 0.2) is 0 Å². The summed E-state index contributed by atoms with van der Waals surface area (Å²) in [5.74, 6) is -2.46. The van der Waals surface area contributed by atoms with E-state index in [1.807, 2.05) is 24.3 Å². The molecule has 0 aliphatic rings. The fourth-order valence-corrected chi connectivity index (χ4v) is 6.26. The molecule has 0 rings (SSSR count). The molecule has 9 heteroatoms. The third-order valence-corrected chi connectivity index (χ3v) is 9.61. The second-order valence-electron chi connectivity index (χ2n) is 14.8. The van der Waals surface area contributed by atoms with Crippen molar-refractivity contribution < 1.29 is 34.1 Å². The number of hydrogen-bond donors (Lipinski definition) is 4. The number of aliphatic hydroxyl groups is 1. The van der Waals surface area contributed by atoms with Crippen molar-refractivity contribution in [2.45, 2.75) is 212 Å². The summed E-state index contributed by atoms with van der Waals surface area (Å²) in [4.78, 5) is 47.2. The summed E-state index contributed by atoms with van der Waals surface area (Å²) in [6, 6.07) is -1.39. The third kappa shape index (κ3) is 36.1. The molecule has 2 unspecified atom stereocenters. The Hall–Kier alpha value is -2.94. The van der Waals surface area contributed by atoms with Crippen molar-refractivity contribution in [3.63, 3.8) is 0 Å². The smallest absolute Gasteiger partial charge is 0.328 e. The number of rotatable bonds is 39. The lowest BCUT2D eigenvalue weighted by Crippen LogP contribution is -2.47. The zero-order chi connectivity index (χ0) is 39.7. The molecule has 9 nitrogen and oxygen atoms in total. The van der Waals surface area contributed by atoms with Gasteiger partial charge in [-0.25, -0.2) is 4.79 Å².